The van der Waals surface area contributed by atoms with Crippen LogP contribution in [0.5, 0.6) is 5.75 Å². The van der Waals surface area contributed by atoms with E-state index in [0.29, 0.717) is 23.6 Å². The van der Waals surface area contributed by atoms with Gasteiger partial charge in [-0.1, -0.05) is 52.3 Å². The fourth-order valence-electron chi connectivity index (χ4n) is 4.82. The monoisotopic (exact) mass is 512 g/mol. The van der Waals surface area contributed by atoms with Crippen LogP contribution in [0.2, 0.25) is 0 Å². The van der Waals surface area contributed by atoms with E-state index >= 15 is 0 Å². The molecule has 1 aliphatic rings. The predicted molar refractivity (Wildman–Crippen MR) is 150 cm³/mol. The average molecular weight is 513 g/mol. The third kappa shape index (κ3) is 5.35. The summed E-state index contributed by atoms with van der Waals surface area (Å²) in [6.45, 7) is 10.8. The lowest BCUT2D eigenvalue weighted by molar-refractivity contribution is -0.132. The number of ether oxygens (including phenoxy) is 1. The van der Waals surface area contributed by atoms with Crippen molar-refractivity contribution in [3.05, 3.63) is 94.8 Å². The number of benzene rings is 2. The smallest absolute Gasteiger partial charge is 0.300 e. The van der Waals surface area contributed by atoms with Crippen molar-refractivity contribution in [3.63, 3.8) is 0 Å². The number of unbranched alkanes of at least 4 members (excludes halogenated alkanes) is 1. The standard InChI is InChI=1S/C32H36N2O4/c1-6-8-11-21-13-16-23(17-14-21)34-28(25-12-9-10-19-33-25)27(30(36)31(34)37)29(35)22-15-18-26(38-7-2)24(20-22)32(3,4)5/h9-10,12-20,28,35H,6-8,11H2,1-5H3/b29-27-. The molecule has 1 aromatic heterocycles. The van der Waals surface area contributed by atoms with Gasteiger partial charge in [0.15, 0.2) is 0 Å². The van der Waals surface area contributed by atoms with Crippen LogP contribution in [0.1, 0.15) is 75.9 Å². The molecule has 1 aliphatic heterocycles. The molecule has 2 aromatic carbocycles. The van der Waals surface area contributed by atoms with E-state index in [1.807, 2.05) is 43.3 Å². The molecule has 1 N–H and O–H groups in total. The quantitative estimate of drug-likeness (QED) is 0.205. The zero-order valence-corrected chi connectivity index (χ0v) is 22.8. The highest BCUT2D eigenvalue weighted by molar-refractivity contribution is 6.51. The second kappa shape index (κ2) is 11.2. The molecule has 0 aliphatic carbocycles. The molecule has 1 atom stereocenters. The maximum Gasteiger partial charge on any atom is 0.300 e. The Bertz CT molecular complexity index is 1340. The number of pyridine rings is 1. The molecule has 0 spiro atoms. The predicted octanol–water partition coefficient (Wildman–Crippen LogP) is 6.75. The Balaban J connectivity index is 1.86. The van der Waals surface area contributed by atoms with E-state index in [9.17, 15) is 14.7 Å². The summed E-state index contributed by atoms with van der Waals surface area (Å²) in [5.41, 5.74) is 3.36. The lowest BCUT2D eigenvalue weighted by atomic mass is 9.84. The minimum Gasteiger partial charge on any atom is -0.507 e. The van der Waals surface area contributed by atoms with Gasteiger partial charge in [0.25, 0.3) is 11.7 Å². The zero-order chi connectivity index (χ0) is 27.4. The second-order valence-electron chi connectivity index (χ2n) is 10.6. The molecule has 0 bridgehead atoms. The third-order valence-electron chi connectivity index (χ3n) is 6.81. The minimum absolute atomic E-state index is 0.0211. The summed E-state index contributed by atoms with van der Waals surface area (Å²) in [7, 11) is 0. The van der Waals surface area contributed by atoms with Gasteiger partial charge in [-0.2, -0.15) is 0 Å². The van der Waals surface area contributed by atoms with Crippen molar-refractivity contribution < 1.29 is 19.4 Å². The van der Waals surface area contributed by atoms with E-state index in [1.54, 1.807) is 30.5 Å². The molecule has 198 valence electrons. The Kier molecular flexibility index (Phi) is 8.00. The lowest BCUT2D eigenvalue weighted by Gasteiger charge is -2.25. The van der Waals surface area contributed by atoms with E-state index in [4.69, 9.17) is 4.74 Å². The number of ketones is 1. The second-order valence-corrected chi connectivity index (χ2v) is 10.6. The van der Waals surface area contributed by atoms with Crippen molar-refractivity contribution in [2.45, 2.75) is 65.3 Å². The van der Waals surface area contributed by atoms with E-state index in [0.717, 1.165) is 30.6 Å². The number of aromatic nitrogens is 1. The molecule has 1 saturated heterocycles. The Morgan fingerprint density at radius 3 is 2.37 bits per heavy atom. The lowest BCUT2D eigenvalue weighted by Crippen LogP contribution is -2.29. The molecule has 2 heterocycles. The number of amides is 1. The number of hydrogen-bond acceptors (Lipinski definition) is 5. The summed E-state index contributed by atoms with van der Waals surface area (Å²) in [5.74, 6) is -0.930. The van der Waals surface area contributed by atoms with E-state index in [-0.39, 0.29) is 16.7 Å². The van der Waals surface area contributed by atoms with Crippen LogP contribution in [0.3, 0.4) is 0 Å². The van der Waals surface area contributed by atoms with Gasteiger partial charge in [-0.05, 0) is 73.2 Å². The molecule has 4 rings (SSSR count). The Morgan fingerprint density at radius 1 is 1.03 bits per heavy atom. The van der Waals surface area contributed by atoms with Gasteiger partial charge in [-0.25, -0.2) is 0 Å². The summed E-state index contributed by atoms with van der Waals surface area (Å²) < 4.78 is 5.82. The first-order chi connectivity index (χ1) is 18.2. The number of aliphatic hydroxyl groups is 1. The summed E-state index contributed by atoms with van der Waals surface area (Å²) in [5, 5.41) is 11.6. The first-order valence-electron chi connectivity index (χ1n) is 13.3. The van der Waals surface area contributed by atoms with Crippen molar-refractivity contribution in [2.24, 2.45) is 0 Å². The van der Waals surface area contributed by atoms with Crippen molar-refractivity contribution in [2.75, 3.05) is 11.5 Å². The van der Waals surface area contributed by atoms with Crippen LogP contribution in [0.4, 0.5) is 5.69 Å². The number of rotatable bonds is 8. The molecule has 1 amide bonds. The van der Waals surface area contributed by atoms with Crippen molar-refractivity contribution in [3.8, 4) is 5.75 Å². The van der Waals surface area contributed by atoms with Gasteiger partial charge in [0.2, 0.25) is 0 Å². The maximum absolute atomic E-state index is 13.5. The number of carbonyl (C=O) groups is 2. The molecule has 3 aromatic rings. The van der Waals surface area contributed by atoms with Crippen LogP contribution in [0, 0.1) is 0 Å². The molecule has 0 saturated carbocycles. The molecule has 6 nitrogen and oxygen atoms in total. The van der Waals surface area contributed by atoms with Crippen LogP contribution in [-0.4, -0.2) is 28.4 Å². The molecule has 1 fully saturated rings. The van der Waals surface area contributed by atoms with Crippen molar-refractivity contribution in [1.82, 2.24) is 4.98 Å². The van der Waals surface area contributed by atoms with Gasteiger partial charge in [0.05, 0.1) is 17.9 Å². The third-order valence-corrected chi connectivity index (χ3v) is 6.81. The Hall–Kier alpha value is -3.93. The van der Waals surface area contributed by atoms with Gasteiger partial charge in [0, 0.05) is 23.0 Å². The number of Topliss-reactive ketones (excluding diaryl/α,β-unsaturated/α-hetero) is 1. The molecular weight excluding hydrogens is 476 g/mol. The number of nitrogens with zero attached hydrogens (tertiary/aromatic N) is 2. The van der Waals surface area contributed by atoms with Gasteiger partial charge in [-0.3, -0.25) is 19.5 Å². The Morgan fingerprint density at radius 2 is 1.76 bits per heavy atom. The maximum atomic E-state index is 13.5. The van der Waals surface area contributed by atoms with Crippen LogP contribution in [-0.2, 0) is 21.4 Å². The normalized spacial score (nSPS) is 17.2. The number of anilines is 1. The fourth-order valence-corrected chi connectivity index (χ4v) is 4.82. The largest absolute Gasteiger partial charge is 0.507 e. The number of aryl methyl sites for hydroxylation is 1. The van der Waals surface area contributed by atoms with Crippen molar-refractivity contribution >= 4 is 23.1 Å². The summed E-state index contributed by atoms with van der Waals surface area (Å²) >= 11 is 0. The average Bonchev–Trinajstić information content (AvgIpc) is 3.17. The topological polar surface area (TPSA) is 79.7 Å². The molecule has 1 unspecified atom stereocenters. The van der Waals surface area contributed by atoms with E-state index in [2.05, 4.69) is 32.7 Å². The fraction of sp³-hybridized carbons (Fsp3) is 0.344. The van der Waals surface area contributed by atoms with E-state index in [1.165, 1.54) is 10.5 Å². The zero-order valence-electron chi connectivity index (χ0n) is 22.8. The first kappa shape index (κ1) is 27.1. The van der Waals surface area contributed by atoms with Crippen LogP contribution < -0.4 is 9.64 Å². The summed E-state index contributed by atoms with van der Waals surface area (Å²) in [6.07, 6.45) is 4.75. The molecule has 0 radical (unpaired) electrons. The summed E-state index contributed by atoms with van der Waals surface area (Å²) in [6, 6.07) is 17.6. The van der Waals surface area contributed by atoms with Gasteiger partial charge < -0.3 is 9.84 Å². The first-order valence-corrected chi connectivity index (χ1v) is 13.3. The highest BCUT2D eigenvalue weighted by Gasteiger charge is 2.47. The van der Waals surface area contributed by atoms with Gasteiger partial charge >= 0.3 is 0 Å². The van der Waals surface area contributed by atoms with Gasteiger partial charge in [-0.15, -0.1) is 0 Å². The minimum atomic E-state index is -0.859. The number of aliphatic hydroxyl groups excluding tert-OH is 1. The molecule has 6 heteroatoms. The highest BCUT2D eigenvalue weighted by Crippen LogP contribution is 2.42. The molecule has 38 heavy (non-hydrogen) atoms. The highest BCUT2D eigenvalue weighted by atomic mass is 16.5. The SMILES string of the molecule is CCCCc1ccc(N2C(=O)C(=O)/C(=C(\O)c3ccc(OCC)c(C(C)(C)C)c3)C2c2ccccn2)cc1. The van der Waals surface area contributed by atoms with Crippen LogP contribution in [0.25, 0.3) is 5.76 Å². The Labute approximate surface area is 225 Å². The molecular formula is C32H36N2O4. The number of carbonyl (C=O) groups excluding carboxylic acids is 2. The van der Waals surface area contributed by atoms with Crippen molar-refractivity contribution in [1.29, 1.82) is 0 Å². The van der Waals surface area contributed by atoms with E-state index < -0.39 is 17.7 Å². The van der Waals surface area contributed by atoms with Crippen LogP contribution in [0.15, 0.2) is 72.4 Å². The van der Waals surface area contributed by atoms with Crippen LogP contribution >= 0.6 is 0 Å². The summed E-state index contributed by atoms with van der Waals surface area (Å²) in [4.78, 5) is 32.8. The van der Waals surface area contributed by atoms with Gasteiger partial charge in [0.1, 0.15) is 17.6 Å². The number of hydrogen-bond donors (Lipinski definition) is 1.